The molecule has 0 aliphatic carbocycles. The van der Waals surface area contributed by atoms with Crippen molar-refractivity contribution in [2.45, 2.75) is 13.1 Å². The number of anilines is 1. The summed E-state index contributed by atoms with van der Waals surface area (Å²) in [4.78, 5) is 26.6. The zero-order chi connectivity index (χ0) is 21.8. The molecule has 0 saturated heterocycles. The van der Waals surface area contributed by atoms with Crippen LogP contribution in [0.5, 0.6) is 11.5 Å². The van der Waals surface area contributed by atoms with Gasteiger partial charge in [-0.15, -0.1) is 0 Å². The fraction of sp³-hybridized carbons (Fsp3) is 0.167. The molecule has 0 fully saturated rings. The van der Waals surface area contributed by atoms with Crippen LogP contribution in [0, 0.1) is 5.82 Å². The Balaban J connectivity index is 1.52. The van der Waals surface area contributed by atoms with Crippen molar-refractivity contribution in [2.75, 3.05) is 19.0 Å². The lowest BCUT2D eigenvalue weighted by atomic mass is 10.1. The van der Waals surface area contributed by atoms with Crippen LogP contribution in [0.2, 0.25) is 0 Å². The van der Waals surface area contributed by atoms with Crippen molar-refractivity contribution < 1.29 is 23.5 Å². The number of rotatable bonds is 5. The second-order valence-electron chi connectivity index (χ2n) is 7.14. The van der Waals surface area contributed by atoms with E-state index in [1.807, 2.05) is 0 Å². The van der Waals surface area contributed by atoms with Crippen molar-refractivity contribution in [1.82, 2.24) is 4.90 Å². The molecule has 4 rings (SSSR count). The maximum atomic E-state index is 14.1. The molecule has 3 aromatic rings. The van der Waals surface area contributed by atoms with E-state index in [4.69, 9.17) is 9.47 Å². The number of methoxy groups -OCH3 is 1. The number of hydrogen-bond donors (Lipinski definition) is 1. The van der Waals surface area contributed by atoms with Crippen LogP contribution < -0.4 is 14.8 Å². The lowest BCUT2D eigenvalue weighted by Crippen LogP contribution is -2.32. The Labute approximate surface area is 179 Å². The van der Waals surface area contributed by atoms with Crippen LogP contribution in [0.15, 0.2) is 66.7 Å². The van der Waals surface area contributed by atoms with E-state index in [0.717, 1.165) is 5.56 Å². The molecular formula is C24H21FN2O4. The van der Waals surface area contributed by atoms with Gasteiger partial charge in [-0.1, -0.05) is 18.2 Å². The fourth-order valence-corrected chi connectivity index (χ4v) is 3.37. The lowest BCUT2D eigenvalue weighted by Gasteiger charge is -2.20. The summed E-state index contributed by atoms with van der Waals surface area (Å²) in [6.07, 6.45) is 0. The van der Waals surface area contributed by atoms with Crippen molar-refractivity contribution in [3.8, 4) is 11.5 Å². The van der Waals surface area contributed by atoms with E-state index < -0.39 is 0 Å². The summed E-state index contributed by atoms with van der Waals surface area (Å²) in [6.45, 7) is 0.254. The first-order valence-electron chi connectivity index (χ1n) is 9.76. The van der Waals surface area contributed by atoms with Crippen LogP contribution in [-0.2, 0) is 17.9 Å². The zero-order valence-corrected chi connectivity index (χ0v) is 16.9. The highest BCUT2D eigenvalue weighted by Crippen LogP contribution is 2.28. The average molecular weight is 420 g/mol. The van der Waals surface area contributed by atoms with Gasteiger partial charge in [0, 0.05) is 35.5 Å². The number of hydrogen-bond acceptors (Lipinski definition) is 4. The quantitative estimate of drug-likeness (QED) is 0.677. The first-order chi connectivity index (χ1) is 15.0. The molecule has 1 N–H and O–H groups in total. The summed E-state index contributed by atoms with van der Waals surface area (Å²) in [5.74, 6) is 0.367. The molecule has 0 bridgehead atoms. The average Bonchev–Trinajstić information content (AvgIpc) is 2.94. The van der Waals surface area contributed by atoms with Crippen molar-refractivity contribution in [3.05, 3.63) is 89.2 Å². The highest BCUT2D eigenvalue weighted by atomic mass is 19.1. The number of fused-ring (bicyclic) bond motifs is 1. The highest BCUT2D eigenvalue weighted by molar-refractivity contribution is 6.04. The third kappa shape index (κ3) is 4.66. The molecule has 0 saturated carbocycles. The zero-order valence-electron chi connectivity index (χ0n) is 16.9. The van der Waals surface area contributed by atoms with Gasteiger partial charge in [-0.25, -0.2) is 4.39 Å². The summed E-state index contributed by atoms with van der Waals surface area (Å²) in [6, 6.07) is 18.4. The molecule has 0 radical (unpaired) electrons. The number of carbonyl (C=O) groups excluding carboxylic acids is 2. The summed E-state index contributed by atoms with van der Waals surface area (Å²) in [5.41, 5.74) is 2.23. The van der Waals surface area contributed by atoms with Gasteiger partial charge in [-0.05, 0) is 48.5 Å². The number of amides is 2. The van der Waals surface area contributed by atoms with E-state index in [1.54, 1.807) is 72.7 Å². The van der Waals surface area contributed by atoms with Crippen LogP contribution in [0.25, 0.3) is 0 Å². The molecule has 6 nitrogen and oxygen atoms in total. The third-order valence-electron chi connectivity index (χ3n) is 5.05. The van der Waals surface area contributed by atoms with Crippen molar-refractivity contribution in [3.63, 3.8) is 0 Å². The second-order valence-corrected chi connectivity index (χ2v) is 7.14. The Kier molecular flexibility index (Phi) is 5.84. The molecule has 1 heterocycles. The van der Waals surface area contributed by atoms with E-state index in [1.165, 1.54) is 6.07 Å². The van der Waals surface area contributed by atoms with E-state index in [2.05, 4.69) is 5.32 Å². The van der Waals surface area contributed by atoms with Gasteiger partial charge >= 0.3 is 0 Å². The first kappa shape index (κ1) is 20.4. The second kappa shape index (κ2) is 8.87. The van der Waals surface area contributed by atoms with Gasteiger partial charge in [-0.3, -0.25) is 9.59 Å². The van der Waals surface area contributed by atoms with Gasteiger partial charge in [0.05, 0.1) is 7.11 Å². The van der Waals surface area contributed by atoms with Gasteiger partial charge in [0.2, 0.25) is 0 Å². The lowest BCUT2D eigenvalue weighted by molar-refractivity contribution is -0.133. The predicted molar refractivity (Wildman–Crippen MR) is 114 cm³/mol. The minimum absolute atomic E-state index is 0.126. The fourth-order valence-electron chi connectivity index (χ4n) is 3.37. The summed E-state index contributed by atoms with van der Waals surface area (Å²) < 4.78 is 24.8. The molecule has 158 valence electrons. The molecule has 0 spiro atoms. The number of halogens is 1. The van der Waals surface area contributed by atoms with E-state index in [9.17, 15) is 14.0 Å². The van der Waals surface area contributed by atoms with Gasteiger partial charge in [0.15, 0.2) is 6.61 Å². The van der Waals surface area contributed by atoms with Gasteiger partial charge < -0.3 is 19.7 Å². The van der Waals surface area contributed by atoms with Crippen LogP contribution in [0.3, 0.4) is 0 Å². The Bertz CT molecular complexity index is 1110. The summed E-state index contributed by atoms with van der Waals surface area (Å²) in [5, 5.41) is 2.85. The maximum Gasteiger partial charge on any atom is 0.261 e. The van der Waals surface area contributed by atoms with Gasteiger partial charge in [0.1, 0.15) is 17.3 Å². The summed E-state index contributed by atoms with van der Waals surface area (Å²) in [7, 11) is 1.56. The molecule has 1 aliphatic rings. The number of nitrogens with one attached hydrogen (secondary N) is 1. The molecular weight excluding hydrogens is 399 g/mol. The van der Waals surface area contributed by atoms with E-state index in [0.29, 0.717) is 28.3 Å². The molecule has 3 aromatic carbocycles. The maximum absolute atomic E-state index is 14.1. The van der Waals surface area contributed by atoms with Crippen LogP contribution in [-0.4, -0.2) is 30.4 Å². The molecule has 0 aromatic heterocycles. The Hall–Kier alpha value is -3.87. The van der Waals surface area contributed by atoms with Crippen LogP contribution in [0.4, 0.5) is 10.1 Å². The van der Waals surface area contributed by atoms with Crippen LogP contribution in [0.1, 0.15) is 21.5 Å². The van der Waals surface area contributed by atoms with E-state index >= 15 is 0 Å². The molecule has 0 atom stereocenters. The first-order valence-corrected chi connectivity index (χ1v) is 9.76. The number of benzene rings is 3. The van der Waals surface area contributed by atoms with Crippen LogP contribution >= 0.6 is 0 Å². The SMILES string of the molecule is COc1ccc(C(=O)Nc2ccc3c(c2)CN(Cc2ccccc2F)C(=O)CO3)cc1. The molecule has 31 heavy (non-hydrogen) atoms. The van der Waals surface area contributed by atoms with Crippen molar-refractivity contribution in [1.29, 1.82) is 0 Å². The standard InChI is InChI=1S/C24H21FN2O4/c1-30-20-9-6-16(7-10-20)24(29)26-19-8-11-22-18(12-19)14-27(23(28)15-31-22)13-17-4-2-3-5-21(17)25/h2-12H,13-15H2,1H3,(H,26,29). The molecule has 7 heteroatoms. The Morgan fingerprint density at radius 3 is 2.65 bits per heavy atom. The largest absolute Gasteiger partial charge is 0.497 e. The van der Waals surface area contributed by atoms with Gasteiger partial charge in [-0.2, -0.15) is 0 Å². The minimum atomic E-state index is -0.360. The van der Waals surface area contributed by atoms with Crippen molar-refractivity contribution >= 4 is 17.5 Å². The third-order valence-corrected chi connectivity index (χ3v) is 5.05. The Morgan fingerprint density at radius 1 is 1.13 bits per heavy atom. The van der Waals surface area contributed by atoms with Crippen molar-refractivity contribution in [2.24, 2.45) is 0 Å². The monoisotopic (exact) mass is 420 g/mol. The van der Waals surface area contributed by atoms with E-state index in [-0.39, 0.29) is 37.3 Å². The Morgan fingerprint density at radius 2 is 1.90 bits per heavy atom. The molecule has 2 amide bonds. The highest BCUT2D eigenvalue weighted by Gasteiger charge is 2.23. The predicted octanol–water partition coefficient (Wildman–Crippen LogP) is 4.01. The molecule has 0 unspecified atom stereocenters. The number of nitrogens with zero attached hydrogens (tertiary/aromatic N) is 1. The minimum Gasteiger partial charge on any atom is -0.497 e. The number of ether oxygens (including phenoxy) is 2. The summed E-state index contributed by atoms with van der Waals surface area (Å²) >= 11 is 0. The number of carbonyl (C=O) groups is 2. The smallest absolute Gasteiger partial charge is 0.261 e. The normalized spacial score (nSPS) is 13.1. The van der Waals surface area contributed by atoms with Gasteiger partial charge in [0.25, 0.3) is 11.8 Å². The molecule has 1 aliphatic heterocycles. The topological polar surface area (TPSA) is 67.9 Å².